The summed E-state index contributed by atoms with van der Waals surface area (Å²) in [5, 5.41) is 7.28. The summed E-state index contributed by atoms with van der Waals surface area (Å²) in [6, 6.07) is 9.79. The lowest BCUT2D eigenvalue weighted by Crippen LogP contribution is -2.47. The van der Waals surface area contributed by atoms with Crippen molar-refractivity contribution in [2.24, 2.45) is 7.05 Å². The lowest BCUT2D eigenvalue weighted by atomic mass is 9.86. The standard InChI is InChI=1S/C24H34N4O3/c1-16(25-23(30)31-24(3,4)5)15-28(22(29)20-14-17(2)27(6)26-20)21-13-9-11-18-10-7-8-12-19(18)21/h7-8,10,12,14,16,21H,9,11,13,15H2,1-6H3,(H,25,30)/t16-,21+/m1/s1. The number of nitrogens with zero attached hydrogens (tertiary/aromatic N) is 3. The highest BCUT2D eigenvalue weighted by Crippen LogP contribution is 2.35. The molecule has 7 nitrogen and oxygen atoms in total. The number of nitrogens with one attached hydrogen (secondary N) is 1. The van der Waals surface area contributed by atoms with Crippen LogP contribution in [0.15, 0.2) is 30.3 Å². The highest BCUT2D eigenvalue weighted by Gasteiger charge is 2.32. The molecular formula is C24H34N4O3. The Hall–Kier alpha value is -2.83. The number of rotatable bonds is 5. The van der Waals surface area contributed by atoms with Crippen molar-refractivity contribution in [2.45, 2.75) is 71.6 Å². The zero-order valence-corrected chi connectivity index (χ0v) is 19.4. The van der Waals surface area contributed by atoms with Crippen molar-refractivity contribution in [2.75, 3.05) is 6.54 Å². The zero-order chi connectivity index (χ0) is 22.8. The summed E-state index contributed by atoms with van der Waals surface area (Å²) in [6.45, 7) is 9.67. The Balaban J connectivity index is 1.86. The van der Waals surface area contributed by atoms with E-state index in [-0.39, 0.29) is 18.0 Å². The van der Waals surface area contributed by atoms with E-state index < -0.39 is 11.7 Å². The molecule has 0 bridgehead atoms. The number of aryl methyl sites for hydroxylation is 3. The third-order valence-electron chi connectivity index (χ3n) is 5.54. The number of carbonyl (C=O) groups excluding carboxylic acids is 2. The second-order valence-electron chi connectivity index (χ2n) is 9.41. The van der Waals surface area contributed by atoms with Crippen LogP contribution in [0.25, 0.3) is 0 Å². The van der Waals surface area contributed by atoms with Crippen LogP contribution in [0.1, 0.15) is 73.9 Å². The van der Waals surface area contributed by atoms with E-state index in [1.54, 1.807) is 4.68 Å². The lowest BCUT2D eigenvalue weighted by Gasteiger charge is -2.37. The minimum Gasteiger partial charge on any atom is -0.444 e. The number of aromatic nitrogens is 2. The maximum Gasteiger partial charge on any atom is 0.407 e. The van der Waals surface area contributed by atoms with Crippen molar-refractivity contribution in [3.8, 4) is 0 Å². The van der Waals surface area contributed by atoms with E-state index in [1.165, 1.54) is 11.1 Å². The molecule has 2 amide bonds. The number of carbonyl (C=O) groups is 2. The number of hydrogen-bond acceptors (Lipinski definition) is 4. The smallest absolute Gasteiger partial charge is 0.407 e. The van der Waals surface area contributed by atoms with Crippen molar-refractivity contribution in [3.05, 3.63) is 52.8 Å². The van der Waals surface area contributed by atoms with Crippen LogP contribution in [0.4, 0.5) is 4.79 Å². The minimum absolute atomic E-state index is 0.0531. The molecule has 1 aliphatic rings. The van der Waals surface area contributed by atoms with Gasteiger partial charge in [-0.2, -0.15) is 5.10 Å². The SMILES string of the molecule is Cc1cc(C(=O)N(C[C@@H](C)NC(=O)OC(C)(C)C)[C@H]2CCCc3ccccc32)nn1C. The Bertz CT molecular complexity index is 925. The molecule has 1 N–H and O–H groups in total. The Labute approximate surface area is 184 Å². The van der Waals surface area contributed by atoms with Gasteiger partial charge in [0.25, 0.3) is 5.91 Å². The van der Waals surface area contributed by atoms with Gasteiger partial charge < -0.3 is 15.0 Å². The molecule has 0 fully saturated rings. The van der Waals surface area contributed by atoms with Crippen LogP contribution in [0.3, 0.4) is 0 Å². The molecule has 0 saturated heterocycles. The van der Waals surface area contributed by atoms with Crippen LogP contribution < -0.4 is 5.32 Å². The van der Waals surface area contributed by atoms with Crippen LogP contribution >= 0.6 is 0 Å². The van der Waals surface area contributed by atoms with E-state index in [0.29, 0.717) is 12.2 Å². The molecule has 7 heteroatoms. The molecule has 1 heterocycles. The quantitative estimate of drug-likeness (QED) is 0.779. The minimum atomic E-state index is -0.576. The van der Waals surface area contributed by atoms with Gasteiger partial charge in [-0.15, -0.1) is 0 Å². The Morgan fingerprint density at radius 1 is 1.32 bits per heavy atom. The van der Waals surface area contributed by atoms with Crippen LogP contribution in [-0.2, 0) is 18.2 Å². The third-order valence-corrected chi connectivity index (χ3v) is 5.54. The van der Waals surface area contributed by atoms with E-state index in [2.05, 4.69) is 22.5 Å². The van der Waals surface area contributed by atoms with E-state index in [9.17, 15) is 9.59 Å². The molecule has 2 atom stereocenters. The number of benzene rings is 1. The fourth-order valence-electron chi connectivity index (χ4n) is 4.07. The van der Waals surface area contributed by atoms with Gasteiger partial charge in [0.1, 0.15) is 5.60 Å². The van der Waals surface area contributed by atoms with Gasteiger partial charge >= 0.3 is 6.09 Å². The first-order valence-corrected chi connectivity index (χ1v) is 10.9. The van der Waals surface area contributed by atoms with Gasteiger partial charge in [0.05, 0.1) is 6.04 Å². The van der Waals surface area contributed by atoms with Gasteiger partial charge in [0, 0.05) is 25.3 Å². The number of fused-ring (bicyclic) bond motifs is 1. The monoisotopic (exact) mass is 426 g/mol. The molecule has 0 unspecified atom stereocenters. The average Bonchev–Trinajstić information content (AvgIpc) is 3.02. The number of ether oxygens (including phenoxy) is 1. The maximum atomic E-state index is 13.6. The van der Waals surface area contributed by atoms with Crippen molar-refractivity contribution in [1.82, 2.24) is 20.0 Å². The second-order valence-corrected chi connectivity index (χ2v) is 9.41. The van der Waals surface area contributed by atoms with E-state index in [4.69, 9.17) is 4.74 Å². The van der Waals surface area contributed by atoms with Crippen LogP contribution in [-0.4, -0.2) is 44.9 Å². The average molecular weight is 427 g/mol. The molecule has 0 spiro atoms. The van der Waals surface area contributed by atoms with Crippen LogP contribution in [0.2, 0.25) is 0 Å². The van der Waals surface area contributed by atoms with Crippen molar-refractivity contribution in [3.63, 3.8) is 0 Å². The first kappa shape index (κ1) is 22.8. The molecule has 0 radical (unpaired) electrons. The molecular weight excluding hydrogens is 392 g/mol. The summed E-state index contributed by atoms with van der Waals surface area (Å²) in [4.78, 5) is 27.7. The summed E-state index contributed by atoms with van der Waals surface area (Å²) in [5.74, 6) is -0.122. The summed E-state index contributed by atoms with van der Waals surface area (Å²) in [5.41, 5.74) is 3.23. The largest absolute Gasteiger partial charge is 0.444 e. The fourth-order valence-corrected chi connectivity index (χ4v) is 4.07. The lowest BCUT2D eigenvalue weighted by molar-refractivity contribution is 0.0462. The van der Waals surface area contributed by atoms with Crippen LogP contribution in [0, 0.1) is 6.92 Å². The van der Waals surface area contributed by atoms with Gasteiger partial charge in [-0.3, -0.25) is 9.48 Å². The van der Waals surface area contributed by atoms with Crippen molar-refractivity contribution < 1.29 is 14.3 Å². The van der Waals surface area contributed by atoms with E-state index in [1.807, 2.05) is 64.8 Å². The number of alkyl carbamates (subject to hydrolysis) is 1. The van der Waals surface area contributed by atoms with Gasteiger partial charge in [-0.1, -0.05) is 24.3 Å². The zero-order valence-electron chi connectivity index (χ0n) is 19.4. The third kappa shape index (κ3) is 5.66. The topological polar surface area (TPSA) is 76.5 Å². The molecule has 168 valence electrons. The van der Waals surface area contributed by atoms with Gasteiger partial charge in [0.2, 0.25) is 0 Å². The Kier molecular flexibility index (Phi) is 6.72. The normalized spacial score (nSPS) is 16.9. The predicted octanol–water partition coefficient (Wildman–Crippen LogP) is 4.16. The summed E-state index contributed by atoms with van der Waals surface area (Å²) >= 11 is 0. The Morgan fingerprint density at radius 3 is 2.68 bits per heavy atom. The second kappa shape index (κ2) is 9.12. The number of amides is 2. The van der Waals surface area contributed by atoms with Gasteiger partial charge in [0.15, 0.2) is 5.69 Å². The molecule has 1 aliphatic carbocycles. The molecule has 1 aromatic carbocycles. The molecule has 3 rings (SSSR count). The maximum absolute atomic E-state index is 13.6. The first-order chi connectivity index (χ1) is 14.5. The molecule has 0 saturated carbocycles. The molecule has 2 aromatic rings. The summed E-state index contributed by atoms with van der Waals surface area (Å²) in [6.07, 6.45) is 2.43. The fraction of sp³-hybridized carbons (Fsp3) is 0.542. The van der Waals surface area contributed by atoms with Crippen LogP contribution in [0.5, 0.6) is 0 Å². The van der Waals surface area contributed by atoms with Crippen molar-refractivity contribution >= 4 is 12.0 Å². The molecule has 1 aromatic heterocycles. The van der Waals surface area contributed by atoms with Gasteiger partial charge in [-0.05, 0) is 71.1 Å². The number of hydrogen-bond donors (Lipinski definition) is 1. The van der Waals surface area contributed by atoms with Gasteiger partial charge in [-0.25, -0.2) is 4.79 Å². The highest BCUT2D eigenvalue weighted by atomic mass is 16.6. The Morgan fingerprint density at radius 2 is 2.03 bits per heavy atom. The van der Waals surface area contributed by atoms with Crippen molar-refractivity contribution in [1.29, 1.82) is 0 Å². The van der Waals surface area contributed by atoms with E-state index in [0.717, 1.165) is 25.0 Å². The summed E-state index contributed by atoms with van der Waals surface area (Å²) < 4.78 is 7.10. The van der Waals surface area contributed by atoms with E-state index >= 15 is 0 Å². The molecule has 31 heavy (non-hydrogen) atoms. The predicted molar refractivity (Wildman–Crippen MR) is 120 cm³/mol. The molecule has 0 aliphatic heterocycles. The summed E-state index contributed by atoms with van der Waals surface area (Å²) in [7, 11) is 1.83. The highest BCUT2D eigenvalue weighted by molar-refractivity contribution is 5.93. The first-order valence-electron chi connectivity index (χ1n) is 10.9.